The molecule has 1 N–H and O–H groups in total. The van der Waals surface area contributed by atoms with Crippen LogP contribution in [-0.4, -0.2) is 65.5 Å². The Morgan fingerprint density at radius 2 is 2.14 bits per heavy atom. The van der Waals surface area contributed by atoms with Gasteiger partial charge in [-0.2, -0.15) is 0 Å². The first-order valence-electron chi connectivity index (χ1n) is 7.58. The topological polar surface area (TPSA) is 35.8 Å². The van der Waals surface area contributed by atoms with E-state index in [9.17, 15) is 0 Å². The van der Waals surface area contributed by atoms with Crippen molar-refractivity contribution in [2.24, 2.45) is 0 Å². The maximum atomic E-state index is 4.65. The second-order valence-corrected chi connectivity index (χ2v) is 7.00. The highest BCUT2D eigenvalue weighted by atomic mass is 32.1. The zero-order valence-electron chi connectivity index (χ0n) is 13.4. The summed E-state index contributed by atoms with van der Waals surface area (Å²) in [5.74, 6) is 0. The van der Waals surface area contributed by atoms with Crippen molar-refractivity contribution in [1.29, 1.82) is 0 Å². The summed E-state index contributed by atoms with van der Waals surface area (Å²) in [6.45, 7) is 9.64. The fourth-order valence-electron chi connectivity index (χ4n) is 3.05. The summed E-state index contributed by atoms with van der Waals surface area (Å²) in [5, 5.41) is 5.81. The molecule has 0 bridgehead atoms. The molecule has 0 amide bonds. The molecule has 0 spiro atoms. The van der Waals surface area contributed by atoms with Gasteiger partial charge in [0.15, 0.2) is 4.96 Å². The van der Waals surface area contributed by atoms with Crippen molar-refractivity contribution in [2.45, 2.75) is 26.4 Å². The van der Waals surface area contributed by atoms with Crippen molar-refractivity contribution in [3.05, 3.63) is 22.5 Å². The SMILES string of the molecule is Cc1nc2scc(C)n2c1CNCC1CN(C)CCN1C. The first-order chi connectivity index (χ1) is 10.1. The first-order valence-corrected chi connectivity index (χ1v) is 8.45. The van der Waals surface area contributed by atoms with Crippen molar-refractivity contribution in [3.63, 3.8) is 0 Å². The minimum Gasteiger partial charge on any atom is -0.310 e. The van der Waals surface area contributed by atoms with Crippen LogP contribution in [0.3, 0.4) is 0 Å². The van der Waals surface area contributed by atoms with E-state index in [1.54, 1.807) is 11.3 Å². The van der Waals surface area contributed by atoms with E-state index in [1.165, 1.54) is 17.9 Å². The van der Waals surface area contributed by atoms with Gasteiger partial charge in [0.2, 0.25) is 0 Å². The molecule has 3 rings (SSSR count). The molecule has 3 heterocycles. The molecule has 5 nitrogen and oxygen atoms in total. The van der Waals surface area contributed by atoms with Gasteiger partial charge in [-0.3, -0.25) is 9.30 Å². The summed E-state index contributed by atoms with van der Waals surface area (Å²) < 4.78 is 2.28. The molecule has 2 aromatic rings. The molecule has 2 aromatic heterocycles. The number of nitrogens with one attached hydrogen (secondary N) is 1. The molecule has 0 radical (unpaired) electrons. The number of imidazole rings is 1. The Balaban J connectivity index is 1.64. The molecule has 1 saturated heterocycles. The number of fused-ring (bicyclic) bond motifs is 1. The third-order valence-electron chi connectivity index (χ3n) is 4.48. The van der Waals surface area contributed by atoms with E-state index in [0.717, 1.165) is 36.8 Å². The zero-order valence-corrected chi connectivity index (χ0v) is 14.2. The van der Waals surface area contributed by atoms with E-state index in [2.05, 4.69) is 57.8 Å². The van der Waals surface area contributed by atoms with Crippen LogP contribution in [0.1, 0.15) is 17.1 Å². The molecule has 0 aromatic carbocycles. The van der Waals surface area contributed by atoms with E-state index in [-0.39, 0.29) is 0 Å². The average molecular weight is 307 g/mol. The molecule has 1 aliphatic heterocycles. The normalized spacial score (nSPS) is 21.4. The number of hydrogen-bond donors (Lipinski definition) is 1. The molecule has 1 unspecified atom stereocenters. The fourth-order valence-corrected chi connectivity index (χ4v) is 3.99. The third-order valence-corrected chi connectivity index (χ3v) is 5.43. The summed E-state index contributed by atoms with van der Waals surface area (Å²) in [4.78, 5) is 10.6. The average Bonchev–Trinajstić information content (AvgIpc) is 2.94. The second-order valence-electron chi connectivity index (χ2n) is 6.17. The molecule has 6 heteroatoms. The van der Waals surface area contributed by atoms with E-state index < -0.39 is 0 Å². The second kappa shape index (κ2) is 6.04. The predicted molar refractivity (Wildman–Crippen MR) is 88.2 cm³/mol. The molecule has 1 atom stereocenters. The first kappa shape index (κ1) is 15.0. The van der Waals surface area contributed by atoms with Crippen LogP contribution in [0.2, 0.25) is 0 Å². The van der Waals surface area contributed by atoms with Gasteiger partial charge in [0, 0.05) is 49.8 Å². The summed E-state index contributed by atoms with van der Waals surface area (Å²) >= 11 is 1.72. The molecule has 0 saturated carbocycles. The van der Waals surface area contributed by atoms with Gasteiger partial charge in [-0.05, 0) is 27.9 Å². The van der Waals surface area contributed by atoms with Crippen LogP contribution in [0.4, 0.5) is 0 Å². The number of piperazine rings is 1. The van der Waals surface area contributed by atoms with Gasteiger partial charge in [-0.15, -0.1) is 11.3 Å². The van der Waals surface area contributed by atoms with Gasteiger partial charge in [-0.1, -0.05) is 0 Å². The fraction of sp³-hybridized carbons (Fsp3) is 0.667. The Bertz CT molecular complexity index is 617. The highest BCUT2D eigenvalue weighted by Gasteiger charge is 2.22. The Kier molecular flexibility index (Phi) is 4.31. The van der Waals surface area contributed by atoms with Crippen LogP contribution in [0.25, 0.3) is 4.96 Å². The Hall–Kier alpha value is -0.950. The molecular weight excluding hydrogens is 282 g/mol. The number of thiazole rings is 1. The minimum atomic E-state index is 0.594. The Morgan fingerprint density at radius 3 is 2.95 bits per heavy atom. The lowest BCUT2D eigenvalue weighted by Gasteiger charge is -2.37. The number of hydrogen-bond acceptors (Lipinski definition) is 5. The summed E-state index contributed by atoms with van der Waals surface area (Å²) in [5.41, 5.74) is 3.73. The summed E-state index contributed by atoms with van der Waals surface area (Å²) in [6, 6.07) is 0.594. The van der Waals surface area contributed by atoms with Gasteiger partial charge >= 0.3 is 0 Å². The number of rotatable bonds is 4. The van der Waals surface area contributed by atoms with Crippen LogP contribution < -0.4 is 5.32 Å². The maximum Gasteiger partial charge on any atom is 0.194 e. The quantitative estimate of drug-likeness (QED) is 0.925. The van der Waals surface area contributed by atoms with Crippen molar-refractivity contribution in [2.75, 3.05) is 40.3 Å². The van der Waals surface area contributed by atoms with Crippen LogP contribution in [0.15, 0.2) is 5.38 Å². The molecule has 0 aliphatic carbocycles. The number of likely N-dealkylation sites (N-methyl/N-ethyl adjacent to an activating group) is 2. The van der Waals surface area contributed by atoms with Crippen molar-refractivity contribution in [3.8, 4) is 0 Å². The lowest BCUT2D eigenvalue weighted by molar-refractivity contribution is 0.113. The van der Waals surface area contributed by atoms with Gasteiger partial charge < -0.3 is 10.2 Å². The lowest BCUT2D eigenvalue weighted by Crippen LogP contribution is -2.53. The summed E-state index contributed by atoms with van der Waals surface area (Å²) in [7, 11) is 4.43. The van der Waals surface area contributed by atoms with Gasteiger partial charge in [0.05, 0.1) is 11.4 Å². The molecule has 1 aliphatic rings. The van der Waals surface area contributed by atoms with E-state index in [4.69, 9.17) is 0 Å². The van der Waals surface area contributed by atoms with E-state index >= 15 is 0 Å². The van der Waals surface area contributed by atoms with Gasteiger partial charge in [0.1, 0.15) is 0 Å². The van der Waals surface area contributed by atoms with Crippen molar-refractivity contribution in [1.82, 2.24) is 24.5 Å². The van der Waals surface area contributed by atoms with Crippen LogP contribution in [0, 0.1) is 13.8 Å². The highest BCUT2D eigenvalue weighted by Crippen LogP contribution is 2.20. The largest absolute Gasteiger partial charge is 0.310 e. The molecular formula is C15H25N5S. The van der Waals surface area contributed by atoms with Gasteiger partial charge in [-0.25, -0.2) is 4.98 Å². The number of aromatic nitrogens is 2. The van der Waals surface area contributed by atoms with Crippen LogP contribution in [-0.2, 0) is 6.54 Å². The smallest absolute Gasteiger partial charge is 0.194 e. The molecule has 21 heavy (non-hydrogen) atoms. The van der Waals surface area contributed by atoms with Gasteiger partial charge in [0.25, 0.3) is 0 Å². The highest BCUT2D eigenvalue weighted by molar-refractivity contribution is 7.15. The van der Waals surface area contributed by atoms with E-state index in [1.807, 2.05) is 0 Å². The van der Waals surface area contributed by atoms with Crippen LogP contribution in [0.5, 0.6) is 0 Å². The Morgan fingerprint density at radius 1 is 1.33 bits per heavy atom. The van der Waals surface area contributed by atoms with E-state index in [0.29, 0.717) is 6.04 Å². The lowest BCUT2D eigenvalue weighted by atomic mass is 10.2. The predicted octanol–water partition coefficient (Wildman–Crippen LogP) is 1.35. The van der Waals surface area contributed by atoms with Crippen molar-refractivity contribution >= 4 is 16.3 Å². The maximum absolute atomic E-state index is 4.65. The summed E-state index contributed by atoms with van der Waals surface area (Å²) in [6.07, 6.45) is 0. The zero-order chi connectivity index (χ0) is 15.0. The monoisotopic (exact) mass is 307 g/mol. The van der Waals surface area contributed by atoms with Crippen molar-refractivity contribution < 1.29 is 0 Å². The standard InChI is InChI=1S/C15H25N5S/c1-11-10-21-15-17-12(2)14(20(11)15)8-16-7-13-9-18(3)5-6-19(13)4/h10,13,16H,5-9H2,1-4H3. The minimum absolute atomic E-state index is 0.594. The molecule has 1 fully saturated rings. The number of nitrogens with zero attached hydrogens (tertiary/aromatic N) is 4. The Labute approximate surface area is 130 Å². The van der Waals surface area contributed by atoms with Crippen LogP contribution >= 0.6 is 11.3 Å². The number of aryl methyl sites for hydroxylation is 2. The molecule has 116 valence electrons. The third kappa shape index (κ3) is 2.99.